The van der Waals surface area contributed by atoms with E-state index in [2.05, 4.69) is 48.0 Å². The van der Waals surface area contributed by atoms with Crippen molar-refractivity contribution in [3.05, 3.63) is 24.3 Å². The highest BCUT2D eigenvalue weighted by atomic mass is 16.5. The van der Waals surface area contributed by atoms with Gasteiger partial charge in [-0.2, -0.15) is 0 Å². The lowest BCUT2D eigenvalue weighted by Crippen LogP contribution is -2.48. The number of nitrogens with zero attached hydrogens (tertiary/aromatic N) is 2. The van der Waals surface area contributed by atoms with Crippen molar-refractivity contribution in [3.8, 4) is 0 Å². The molecule has 0 radical (unpaired) electrons. The van der Waals surface area contributed by atoms with Crippen LogP contribution in [0.25, 0.3) is 0 Å². The van der Waals surface area contributed by atoms with Crippen LogP contribution in [0.5, 0.6) is 0 Å². The van der Waals surface area contributed by atoms with E-state index in [-0.39, 0.29) is 11.9 Å². The van der Waals surface area contributed by atoms with Crippen molar-refractivity contribution in [3.63, 3.8) is 0 Å². The number of carbonyl (C=O) groups excluding carboxylic acids is 2. The van der Waals surface area contributed by atoms with Gasteiger partial charge in [-0.05, 0) is 64.2 Å². The van der Waals surface area contributed by atoms with E-state index in [1.165, 1.54) is 141 Å². The van der Waals surface area contributed by atoms with Gasteiger partial charge in [-0.1, -0.05) is 141 Å². The molecule has 292 valence electrons. The maximum Gasteiger partial charge on any atom is 0.305 e. The topological polar surface area (TPSA) is 59.1 Å². The van der Waals surface area contributed by atoms with E-state index in [9.17, 15) is 9.59 Å². The second kappa shape index (κ2) is 37.1. The average molecular weight is 703 g/mol. The van der Waals surface area contributed by atoms with E-state index >= 15 is 0 Å². The molecule has 6 nitrogen and oxygen atoms in total. The SMILES string of the molecule is CCCCCCCC/C=C/CCCCCCCC(=O)OCCN1CCN(CCOC(=O)CCCCCCC/C=C/CCCCCCCC)CC1. The maximum atomic E-state index is 12.1. The molecular formula is C44H82N2O4. The first-order chi connectivity index (χ1) is 24.7. The van der Waals surface area contributed by atoms with Gasteiger partial charge >= 0.3 is 11.9 Å². The van der Waals surface area contributed by atoms with Crippen molar-refractivity contribution >= 4 is 11.9 Å². The minimum absolute atomic E-state index is 0.0511. The lowest BCUT2D eigenvalue weighted by molar-refractivity contribution is -0.145. The average Bonchev–Trinajstić information content (AvgIpc) is 3.12. The number of rotatable bonds is 36. The standard InChI is InChI=1S/C44H82N2O4/c1-3-5-7-9-11-13-15-17-19-21-23-25-27-29-31-33-43(47)49-41-39-45-35-37-46(38-36-45)40-42-50-44(48)34-32-30-28-26-24-22-20-18-16-14-12-10-8-6-4-2/h17-20H,3-16,21-42H2,1-2H3/b19-17+,20-18+. The summed E-state index contributed by atoms with van der Waals surface area (Å²) in [7, 11) is 0. The Morgan fingerprint density at radius 3 is 1.02 bits per heavy atom. The van der Waals surface area contributed by atoms with Crippen molar-refractivity contribution in [2.24, 2.45) is 0 Å². The van der Waals surface area contributed by atoms with E-state index < -0.39 is 0 Å². The van der Waals surface area contributed by atoms with Crippen LogP contribution in [0, 0.1) is 0 Å². The van der Waals surface area contributed by atoms with Crippen molar-refractivity contribution in [1.29, 1.82) is 0 Å². The molecule has 1 aliphatic rings. The lowest BCUT2D eigenvalue weighted by atomic mass is 10.1. The van der Waals surface area contributed by atoms with Crippen LogP contribution in [-0.4, -0.2) is 74.2 Å². The largest absolute Gasteiger partial charge is 0.464 e. The van der Waals surface area contributed by atoms with Gasteiger partial charge in [-0.25, -0.2) is 0 Å². The molecule has 0 saturated carbocycles. The predicted octanol–water partition coefficient (Wildman–Crippen LogP) is 11.8. The van der Waals surface area contributed by atoms with Crippen LogP contribution in [-0.2, 0) is 19.1 Å². The molecule has 1 saturated heterocycles. The minimum atomic E-state index is -0.0511. The normalized spacial score (nSPS) is 14.3. The molecule has 0 aromatic carbocycles. The molecule has 1 aliphatic heterocycles. The van der Waals surface area contributed by atoms with Crippen LogP contribution in [0.1, 0.15) is 194 Å². The first kappa shape index (κ1) is 46.4. The number of piperazine rings is 1. The Labute approximate surface area is 310 Å². The molecule has 1 rings (SSSR count). The van der Waals surface area contributed by atoms with Gasteiger partial charge in [0, 0.05) is 52.1 Å². The van der Waals surface area contributed by atoms with Gasteiger partial charge in [0.05, 0.1) is 0 Å². The molecule has 0 aliphatic carbocycles. The third-order valence-corrected chi connectivity index (χ3v) is 10.1. The van der Waals surface area contributed by atoms with Gasteiger partial charge < -0.3 is 9.47 Å². The predicted molar refractivity (Wildman–Crippen MR) is 214 cm³/mol. The molecule has 1 heterocycles. The molecule has 0 amide bonds. The van der Waals surface area contributed by atoms with E-state index in [0.717, 1.165) is 65.0 Å². The Morgan fingerprint density at radius 1 is 0.420 bits per heavy atom. The summed E-state index contributed by atoms with van der Waals surface area (Å²) in [5.74, 6) is -0.102. The summed E-state index contributed by atoms with van der Waals surface area (Å²) in [6.07, 6.45) is 43.4. The summed E-state index contributed by atoms with van der Waals surface area (Å²) in [6.45, 7) is 11.0. The fourth-order valence-electron chi connectivity index (χ4n) is 6.64. The van der Waals surface area contributed by atoms with Crippen LogP contribution in [0.4, 0.5) is 0 Å². The summed E-state index contributed by atoms with van der Waals surface area (Å²) in [6, 6.07) is 0. The molecule has 0 spiro atoms. The van der Waals surface area contributed by atoms with E-state index in [4.69, 9.17) is 9.47 Å². The number of carbonyl (C=O) groups is 2. The quantitative estimate of drug-likeness (QED) is 0.0368. The molecule has 0 aromatic heterocycles. The highest BCUT2D eigenvalue weighted by molar-refractivity contribution is 5.69. The van der Waals surface area contributed by atoms with Crippen LogP contribution >= 0.6 is 0 Å². The van der Waals surface area contributed by atoms with Crippen LogP contribution < -0.4 is 0 Å². The molecular weight excluding hydrogens is 620 g/mol. The summed E-state index contributed by atoms with van der Waals surface area (Å²) >= 11 is 0. The molecule has 6 heteroatoms. The second-order valence-electron chi connectivity index (χ2n) is 14.8. The first-order valence-electron chi connectivity index (χ1n) is 21.7. The smallest absolute Gasteiger partial charge is 0.305 e. The van der Waals surface area contributed by atoms with Crippen molar-refractivity contribution in [2.45, 2.75) is 194 Å². The second-order valence-corrected chi connectivity index (χ2v) is 14.8. The molecule has 50 heavy (non-hydrogen) atoms. The monoisotopic (exact) mass is 703 g/mol. The zero-order chi connectivity index (χ0) is 36.0. The highest BCUT2D eigenvalue weighted by Crippen LogP contribution is 2.12. The molecule has 0 N–H and O–H groups in total. The summed E-state index contributed by atoms with van der Waals surface area (Å²) in [5.41, 5.74) is 0. The number of ether oxygens (including phenoxy) is 2. The Morgan fingerprint density at radius 2 is 0.700 bits per heavy atom. The molecule has 0 unspecified atom stereocenters. The Kier molecular flexibility index (Phi) is 34.4. The van der Waals surface area contributed by atoms with E-state index in [1.54, 1.807) is 0 Å². The zero-order valence-corrected chi connectivity index (χ0v) is 33.3. The molecule has 0 bridgehead atoms. The number of hydrogen-bond acceptors (Lipinski definition) is 6. The van der Waals surface area contributed by atoms with Gasteiger partial charge in [-0.15, -0.1) is 0 Å². The van der Waals surface area contributed by atoms with E-state index in [1.807, 2.05) is 0 Å². The molecule has 0 atom stereocenters. The van der Waals surface area contributed by atoms with Crippen molar-refractivity contribution in [1.82, 2.24) is 9.80 Å². The van der Waals surface area contributed by atoms with Gasteiger partial charge in [0.1, 0.15) is 13.2 Å². The van der Waals surface area contributed by atoms with Crippen LogP contribution in [0.2, 0.25) is 0 Å². The number of allylic oxidation sites excluding steroid dienone is 4. The van der Waals surface area contributed by atoms with E-state index in [0.29, 0.717) is 26.1 Å². The Balaban J connectivity index is 1.84. The fourth-order valence-corrected chi connectivity index (χ4v) is 6.64. The number of esters is 2. The lowest BCUT2D eigenvalue weighted by Gasteiger charge is -2.34. The number of hydrogen-bond donors (Lipinski definition) is 0. The van der Waals surface area contributed by atoms with Crippen molar-refractivity contribution in [2.75, 3.05) is 52.5 Å². The van der Waals surface area contributed by atoms with Crippen LogP contribution in [0.3, 0.4) is 0 Å². The van der Waals surface area contributed by atoms with Gasteiger partial charge in [0.2, 0.25) is 0 Å². The maximum absolute atomic E-state index is 12.1. The highest BCUT2D eigenvalue weighted by Gasteiger charge is 2.17. The van der Waals surface area contributed by atoms with Crippen LogP contribution in [0.15, 0.2) is 24.3 Å². The molecule has 0 aromatic rings. The third-order valence-electron chi connectivity index (χ3n) is 10.1. The Bertz CT molecular complexity index is 740. The van der Waals surface area contributed by atoms with Gasteiger partial charge in [0.25, 0.3) is 0 Å². The summed E-state index contributed by atoms with van der Waals surface area (Å²) in [5, 5.41) is 0. The number of unbranched alkanes of at least 4 members (excludes halogenated alkanes) is 22. The van der Waals surface area contributed by atoms with Gasteiger partial charge in [0.15, 0.2) is 0 Å². The Hall–Kier alpha value is -1.66. The summed E-state index contributed by atoms with van der Waals surface area (Å²) < 4.78 is 11.0. The zero-order valence-electron chi connectivity index (χ0n) is 33.3. The fraction of sp³-hybridized carbons (Fsp3) is 0.864. The minimum Gasteiger partial charge on any atom is -0.464 e. The first-order valence-corrected chi connectivity index (χ1v) is 21.7. The summed E-state index contributed by atoms with van der Waals surface area (Å²) in [4.78, 5) is 29.0. The van der Waals surface area contributed by atoms with Gasteiger partial charge in [-0.3, -0.25) is 19.4 Å². The van der Waals surface area contributed by atoms with Crippen molar-refractivity contribution < 1.29 is 19.1 Å². The molecule has 1 fully saturated rings. The third kappa shape index (κ3) is 32.3.